The highest BCUT2D eigenvalue weighted by Crippen LogP contribution is 2.23. The highest BCUT2D eigenvalue weighted by molar-refractivity contribution is 9.10. The zero-order valence-corrected chi connectivity index (χ0v) is 12.4. The number of carbonyl (C=O) groups is 2. The van der Waals surface area contributed by atoms with E-state index in [-0.39, 0.29) is 16.6 Å². The Labute approximate surface area is 122 Å². The number of nitrogens with zero attached hydrogens (tertiary/aromatic N) is 1. The van der Waals surface area contributed by atoms with Crippen LogP contribution in [0.5, 0.6) is 0 Å². The van der Waals surface area contributed by atoms with Gasteiger partial charge in [-0.3, -0.25) is 0 Å². The van der Waals surface area contributed by atoms with Crippen LogP contribution in [0.4, 0.5) is 19.3 Å². The molecule has 0 spiro atoms. The number of benzene rings is 1. The number of urea groups is 1. The van der Waals surface area contributed by atoms with Gasteiger partial charge in [0.1, 0.15) is 17.7 Å². The van der Waals surface area contributed by atoms with E-state index >= 15 is 0 Å². The number of carboxylic acids is 1. The summed E-state index contributed by atoms with van der Waals surface area (Å²) in [6.45, 7) is 1.60. The Hall–Kier alpha value is -1.70. The summed E-state index contributed by atoms with van der Waals surface area (Å²) < 4.78 is 26.8. The summed E-state index contributed by atoms with van der Waals surface area (Å²) in [4.78, 5) is 23.7. The Morgan fingerprint density at radius 1 is 1.40 bits per heavy atom. The molecule has 1 unspecified atom stereocenters. The maximum absolute atomic E-state index is 13.5. The van der Waals surface area contributed by atoms with Gasteiger partial charge in [-0.2, -0.15) is 0 Å². The summed E-state index contributed by atoms with van der Waals surface area (Å²) in [6, 6.07) is -0.190. The maximum atomic E-state index is 13.5. The van der Waals surface area contributed by atoms with E-state index in [2.05, 4.69) is 21.2 Å². The zero-order chi connectivity index (χ0) is 15.4. The highest BCUT2D eigenvalue weighted by atomic mass is 79.9. The normalized spacial score (nSPS) is 11.8. The van der Waals surface area contributed by atoms with Gasteiger partial charge in [0.15, 0.2) is 0 Å². The molecule has 2 N–H and O–H groups in total. The lowest BCUT2D eigenvalue weighted by atomic mass is 10.2. The number of carbonyl (C=O) groups excluding carboxylic acids is 1. The molecule has 0 heterocycles. The van der Waals surface area contributed by atoms with Crippen LogP contribution in [0.3, 0.4) is 0 Å². The number of hydrogen-bond acceptors (Lipinski definition) is 2. The zero-order valence-electron chi connectivity index (χ0n) is 10.8. The SMILES string of the molecule is CCC(C(=O)O)N(C)C(=O)Nc1cc(F)c(Br)cc1F. The van der Waals surface area contributed by atoms with E-state index < -0.39 is 29.7 Å². The minimum absolute atomic E-state index is 0.0710. The van der Waals surface area contributed by atoms with E-state index in [1.165, 1.54) is 7.05 Å². The molecular formula is C12H13BrF2N2O3. The molecule has 1 aromatic rings. The topological polar surface area (TPSA) is 69.6 Å². The van der Waals surface area contributed by atoms with Gasteiger partial charge in [-0.25, -0.2) is 18.4 Å². The Kier molecular flexibility index (Phi) is 5.43. The molecule has 0 aliphatic heterocycles. The molecule has 20 heavy (non-hydrogen) atoms. The predicted molar refractivity (Wildman–Crippen MR) is 72.6 cm³/mol. The number of nitrogens with one attached hydrogen (secondary N) is 1. The predicted octanol–water partition coefficient (Wildman–Crippen LogP) is 3.05. The number of aliphatic carboxylic acids is 1. The third-order valence-corrected chi connectivity index (χ3v) is 3.32. The Morgan fingerprint density at radius 2 is 2.00 bits per heavy atom. The number of anilines is 1. The molecule has 0 aromatic heterocycles. The maximum Gasteiger partial charge on any atom is 0.326 e. The summed E-state index contributed by atoms with van der Waals surface area (Å²) >= 11 is 2.81. The first-order chi connectivity index (χ1) is 9.27. The van der Waals surface area contributed by atoms with Gasteiger partial charge in [-0.15, -0.1) is 0 Å². The van der Waals surface area contributed by atoms with Crippen LogP contribution < -0.4 is 5.32 Å². The fourth-order valence-electron chi connectivity index (χ4n) is 1.58. The van der Waals surface area contributed by atoms with E-state index in [0.717, 1.165) is 17.0 Å². The highest BCUT2D eigenvalue weighted by Gasteiger charge is 2.25. The van der Waals surface area contributed by atoms with Gasteiger partial charge in [0.2, 0.25) is 0 Å². The minimum Gasteiger partial charge on any atom is -0.480 e. The first kappa shape index (κ1) is 16.4. The second-order valence-electron chi connectivity index (χ2n) is 4.05. The van der Waals surface area contributed by atoms with Crippen molar-refractivity contribution in [2.24, 2.45) is 0 Å². The molecule has 0 aliphatic carbocycles. The van der Waals surface area contributed by atoms with Crippen molar-refractivity contribution in [3.05, 3.63) is 28.2 Å². The smallest absolute Gasteiger partial charge is 0.326 e. The molecule has 0 aliphatic rings. The molecule has 2 amide bonds. The molecule has 0 fully saturated rings. The van der Waals surface area contributed by atoms with Crippen molar-refractivity contribution in [2.75, 3.05) is 12.4 Å². The van der Waals surface area contributed by atoms with Crippen LogP contribution in [0.15, 0.2) is 16.6 Å². The molecule has 0 radical (unpaired) electrons. The Balaban J connectivity index is 2.90. The van der Waals surface area contributed by atoms with E-state index in [0.29, 0.717) is 0 Å². The lowest BCUT2D eigenvalue weighted by Gasteiger charge is -2.24. The van der Waals surface area contributed by atoms with E-state index in [1.807, 2.05) is 0 Å². The molecule has 1 rings (SSSR count). The van der Waals surface area contributed by atoms with Crippen molar-refractivity contribution in [2.45, 2.75) is 19.4 Å². The third-order valence-electron chi connectivity index (χ3n) is 2.71. The van der Waals surface area contributed by atoms with Crippen LogP contribution in [0, 0.1) is 11.6 Å². The van der Waals surface area contributed by atoms with Gasteiger partial charge in [0.25, 0.3) is 0 Å². The van der Waals surface area contributed by atoms with E-state index in [9.17, 15) is 18.4 Å². The summed E-state index contributed by atoms with van der Waals surface area (Å²) in [5, 5.41) is 11.1. The second kappa shape index (κ2) is 6.65. The summed E-state index contributed by atoms with van der Waals surface area (Å²) in [6.07, 6.45) is 0.191. The lowest BCUT2D eigenvalue weighted by molar-refractivity contribution is -0.141. The van der Waals surface area contributed by atoms with Crippen LogP contribution in [-0.4, -0.2) is 35.1 Å². The molecule has 0 saturated heterocycles. The third kappa shape index (κ3) is 3.66. The van der Waals surface area contributed by atoms with Crippen LogP contribution in [0.1, 0.15) is 13.3 Å². The molecule has 0 saturated carbocycles. The largest absolute Gasteiger partial charge is 0.480 e. The molecule has 110 valence electrons. The summed E-state index contributed by atoms with van der Waals surface area (Å²) in [5.74, 6) is -2.74. The first-order valence-electron chi connectivity index (χ1n) is 5.69. The Bertz CT molecular complexity index is 540. The molecule has 1 aromatic carbocycles. The van der Waals surface area contributed by atoms with Crippen LogP contribution in [0.25, 0.3) is 0 Å². The van der Waals surface area contributed by atoms with Gasteiger partial charge in [0, 0.05) is 13.1 Å². The van der Waals surface area contributed by atoms with Crippen molar-refractivity contribution >= 4 is 33.6 Å². The monoisotopic (exact) mass is 350 g/mol. The van der Waals surface area contributed by atoms with Crippen LogP contribution in [-0.2, 0) is 4.79 Å². The van der Waals surface area contributed by atoms with Crippen LogP contribution in [0.2, 0.25) is 0 Å². The number of hydrogen-bond donors (Lipinski definition) is 2. The second-order valence-corrected chi connectivity index (χ2v) is 4.90. The minimum atomic E-state index is -1.17. The fourth-order valence-corrected chi connectivity index (χ4v) is 1.89. The average molecular weight is 351 g/mol. The van der Waals surface area contributed by atoms with E-state index in [1.54, 1.807) is 6.92 Å². The van der Waals surface area contributed by atoms with Crippen LogP contribution >= 0.6 is 15.9 Å². The van der Waals surface area contributed by atoms with Gasteiger partial charge >= 0.3 is 12.0 Å². The standard InChI is InChI=1S/C12H13BrF2N2O3/c1-3-10(11(18)19)17(2)12(20)16-9-5-7(14)6(13)4-8(9)15/h4-5,10H,3H2,1-2H3,(H,16,20)(H,18,19). The van der Waals surface area contributed by atoms with Crippen molar-refractivity contribution in [3.8, 4) is 0 Å². The molecule has 0 bridgehead atoms. The van der Waals surface area contributed by atoms with Gasteiger partial charge in [0.05, 0.1) is 10.2 Å². The van der Waals surface area contributed by atoms with Crippen molar-refractivity contribution in [1.29, 1.82) is 0 Å². The number of rotatable bonds is 4. The average Bonchev–Trinajstić information content (AvgIpc) is 2.36. The molecule has 5 nitrogen and oxygen atoms in total. The fraction of sp³-hybridized carbons (Fsp3) is 0.333. The lowest BCUT2D eigenvalue weighted by Crippen LogP contribution is -2.44. The van der Waals surface area contributed by atoms with Crippen molar-refractivity contribution < 1.29 is 23.5 Å². The van der Waals surface area contributed by atoms with Gasteiger partial charge < -0.3 is 15.3 Å². The van der Waals surface area contributed by atoms with Gasteiger partial charge in [-0.05, 0) is 28.4 Å². The number of amides is 2. The van der Waals surface area contributed by atoms with E-state index in [4.69, 9.17) is 5.11 Å². The van der Waals surface area contributed by atoms with Crippen molar-refractivity contribution in [3.63, 3.8) is 0 Å². The van der Waals surface area contributed by atoms with Gasteiger partial charge in [-0.1, -0.05) is 6.92 Å². The Morgan fingerprint density at radius 3 is 2.50 bits per heavy atom. The quantitative estimate of drug-likeness (QED) is 0.820. The van der Waals surface area contributed by atoms with Crippen molar-refractivity contribution in [1.82, 2.24) is 4.90 Å². The molecule has 1 atom stereocenters. The first-order valence-corrected chi connectivity index (χ1v) is 6.48. The molecule has 8 heteroatoms. The number of halogens is 3. The number of carboxylic acid groups (broad SMARTS) is 1. The summed E-state index contributed by atoms with van der Waals surface area (Å²) in [5.41, 5.74) is -0.359. The number of likely N-dealkylation sites (N-methyl/N-ethyl adjacent to an activating group) is 1. The summed E-state index contributed by atoms with van der Waals surface area (Å²) in [7, 11) is 1.27. The molecular weight excluding hydrogens is 338 g/mol.